The second kappa shape index (κ2) is 9.30. The zero-order valence-corrected chi connectivity index (χ0v) is 18.5. The predicted molar refractivity (Wildman–Crippen MR) is 125 cm³/mol. The fraction of sp³-hybridized carbons (Fsp3) is 0.115. The van der Waals surface area contributed by atoms with Gasteiger partial charge in [0.25, 0.3) is 11.7 Å². The minimum atomic E-state index is -0.852. The molecule has 0 spiro atoms. The van der Waals surface area contributed by atoms with Gasteiger partial charge in [0.1, 0.15) is 5.76 Å². The van der Waals surface area contributed by atoms with Crippen LogP contribution in [0.2, 0.25) is 5.02 Å². The average Bonchev–Trinajstić information content (AvgIpc) is 3.10. The van der Waals surface area contributed by atoms with E-state index < -0.39 is 23.7 Å². The van der Waals surface area contributed by atoms with Crippen molar-refractivity contribution >= 4 is 40.7 Å². The van der Waals surface area contributed by atoms with Gasteiger partial charge in [0.15, 0.2) is 0 Å². The number of hydrogen-bond donors (Lipinski definition) is 1. The van der Waals surface area contributed by atoms with E-state index in [1.165, 1.54) is 17.0 Å². The molecule has 4 rings (SSSR count). The van der Waals surface area contributed by atoms with Gasteiger partial charge in [-0.05, 0) is 61.0 Å². The molecule has 0 radical (unpaired) electrons. The van der Waals surface area contributed by atoms with Crippen molar-refractivity contribution in [1.29, 1.82) is 0 Å². The van der Waals surface area contributed by atoms with Crippen LogP contribution >= 0.6 is 11.6 Å². The number of amides is 1. The molecule has 1 N–H and O–H groups in total. The van der Waals surface area contributed by atoms with Crippen LogP contribution in [-0.2, 0) is 14.3 Å². The molecular formula is C26H20ClNO5. The fourth-order valence-corrected chi connectivity index (χ4v) is 3.91. The quantitative estimate of drug-likeness (QED) is 0.246. The highest BCUT2D eigenvalue weighted by Crippen LogP contribution is 2.42. The first-order valence-electron chi connectivity index (χ1n) is 10.3. The Hall–Kier alpha value is -3.90. The molecule has 166 valence electrons. The number of anilines is 1. The first kappa shape index (κ1) is 22.3. The van der Waals surface area contributed by atoms with Crippen molar-refractivity contribution in [3.8, 4) is 0 Å². The molecule has 6 nitrogen and oxygen atoms in total. The van der Waals surface area contributed by atoms with E-state index in [1.54, 1.807) is 67.6 Å². The molecule has 1 aliphatic rings. The number of aliphatic hydroxyl groups excluding tert-OH is 1. The van der Waals surface area contributed by atoms with Crippen molar-refractivity contribution in [1.82, 2.24) is 0 Å². The predicted octanol–water partition coefficient (Wildman–Crippen LogP) is 5.14. The summed E-state index contributed by atoms with van der Waals surface area (Å²) in [6, 6.07) is 20.7. The van der Waals surface area contributed by atoms with Gasteiger partial charge in [-0.3, -0.25) is 14.5 Å². The zero-order valence-electron chi connectivity index (χ0n) is 17.7. The highest BCUT2D eigenvalue weighted by atomic mass is 35.5. The minimum absolute atomic E-state index is 0.0250. The lowest BCUT2D eigenvalue weighted by Gasteiger charge is -2.25. The summed E-state index contributed by atoms with van der Waals surface area (Å²) in [4.78, 5) is 39.6. The van der Waals surface area contributed by atoms with Crippen LogP contribution in [0.25, 0.3) is 5.76 Å². The summed E-state index contributed by atoms with van der Waals surface area (Å²) in [6.45, 7) is 1.96. The van der Waals surface area contributed by atoms with E-state index in [0.717, 1.165) is 0 Å². The number of rotatable bonds is 5. The summed E-state index contributed by atoms with van der Waals surface area (Å²) in [5.41, 5.74) is 1.74. The molecule has 3 aromatic rings. The van der Waals surface area contributed by atoms with Crippen LogP contribution in [0.5, 0.6) is 0 Å². The number of esters is 1. The number of halogens is 1. The van der Waals surface area contributed by atoms with Crippen molar-refractivity contribution in [3.63, 3.8) is 0 Å². The molecular weight excluding hydrogens is 442 g/mol. The van der Waals surface area contributed by atoms with Gasteiger partial charge in [-0.15, -0.1) is 0 Å². The number of ketones is 1. The van der Waals surface area contributed by atoms with E-state index >= 15 is 0 Å². The van der Waals surface area contributed by atoms with Gasteiger partial charge in [-0.25, -0.2) is 4.79 Å². The van der Waals surface area contributed by atoms with Crippen LogP contribution in [0.4, 0.5) is 5.69 Å². The Balaban J connectivity index is 1.84. The maximum absolute atomic E-state index is 13.1. The summed E-state index contributed by atoms with van der Waals surface area (Å²) in [5.74, 6) is -2.34. The van der Waals surface area contributed by atoms with Crippen LogP contribution in [0, 0.1) is 0 Å². The monoisotopic (exact) mass is 461 g/mol. The van der Waals surface area contributed by atoms with E-state index in [0.29, 0.717) is 27.4 Å². The molecule has 1 heterocycles. The van der Waals surface area contributed by atoms with Gasteiger partial charge in [0, 0.05) is 16.3 Å². The van der Waals surface area contributed by atoms with E-state index in [-0.39, 0.29) is 17.9 Å². The Labute approximate surface area is 195 Å². The summed E-state index contributed by atoms with van der Waals surface area (Å²) in [6.07, 6.45) is 0. The van der Waals surface area contributed by atoms with Crippen molar-refractivity contribution < 1.29 is 24.2 Å². The molecule has 1 saturated heterocycles. The third-order valence-electron chi connectivity index (χ3n) is 5.33. The van der Waals surface area contributed by atoms with Crippen LogP contribution in [0.1, 0.15) is 34.5 Å². The van der Waals surface area contributed by atoms with Crippen LogP contribution in [0.3, 0.4) is 0 Å². The SMILES string of the molecule is CCOC(=O)c1ccc(N2C(=O)C(=O)/C(=C(/O)c3ccc(Cl)cc3)[C@H]2c2ccccc2)cc1. The van der Waals surface area contributed by atoms with Gasteiger partial charge in [-0.1, -0.05) is 41.9 Å². The van der Waals surface area contributed by atoms with Crippen LogP contribution in [0.15, 0.2) is 84.4 Å². The molecule has 1 fully saturated rings. The van der Waals surface area contributed by atoms with Gasteiger partial charge in [0.2, 0.25) is 0 Å². The number of Topliss-reactive ketones (excluding diaryl/α,β-unsaturated/α-hetero) is 1. The standard InChI is InChI=1S/C26H20ClNO5/c1-2-33-26(32)18-10-14-20(15-11-18)28-22(16-6-4-3-5-7-16)21(24(30)25(28)31)23(29)17-8-12-19(27)13-9-17/h3-15,22,29H,2H2,1H3/b23-21+/t22-/m1/s1. The highest BCUT2D eigenvalue weighted by molar-refractivity contribution is 6.51. The normalized spacial score (nSPS) is 17.3. The van der Waals surface area contributed by atoms with E-state index in [1.807, 2.05) is 6.07 Å². The second-order valence-electron chi connectivity index (χ2n) is 7.35. The summed E-state index contributed by atoms with van der Waals surface area (Å²) >= 11 is 5.95. The number of benzene rings is 3. The molecule has 1 aliphatic heterocycles. The van der Waals surface area contributed by atoms with E-state index in [9.17, 15) is 19.5 Å². The summed E-state index contributed by atoms with van der Waals surface area (Å²) in [5, 5.41) is 11.5. The number of carbonyl (C=O) groups is 3. The third kappa shape index (κ3) is 4.25. The number of ether oxygens (including phenoxy) is 1. The molecule has 0 aliphatic carbocycles. The minimum Gasteiger partial charge on any atom is -0.507 e. The third-order valence-corrected chi connectivity index (χ3v) is 5.59. The molecule has 0 unspecified atom stereocenters. The summed E-state index contributed by atoms with van der Waals surface area (Å²) < 4.78 is 5.00. The molecule has 0 bridgehead atoms. The number of nitrogens with zero attached hydrogens (tertiary/aromatic N) is 1. The second-order valence-corrected chi connectivity index (χ2v) is 7.79. The lowest BCUT2D eigenvalue weighted by Crippen LogP contribution is -2.29. The van der Waals surface area contributed by atoms with Crippen molar-refractivity contribution in [2.24, 2.45) is 0 Å². The maximum Gasteiger partial charge on any atom is 0.338 e. The lowest BCUT2D eigenvalue weighted by atomic mass is 9.95. The number of aliphatic hydroxyl groups is 1. The molecule has 33 heavy (non-hydrogen) atoms. The number of carbonyl (C=O) groups excluding carboxylic acids is 3. The molecule has 1 atom stereocenters. The topological polar surface area (TPSA) is 83.9 Å². The van der Waals surface area contributed by atoms with E-state index in [2.05, 4.69) is 0 Å². The average molecular weight is 462 g/mol. The zero-order chi connectivity index (χ0) is 23.5. The van der Waals surface area contributed by atoms with Gasteiger partial charge in [-0.2, -0.15) is 0 Å². The Morgan fingerprint density at radius 3 is 2.15 bits per heavy atom. The van der Waals surface area contributed by atoms with Gasteiger partial charge >= 0.3 is 5.97 Å². The Bertz CT molecular complexity index is 1230. The first-order valence-corrected chi connectivity index (χ1v) is 10.7. The molecule has 0 saturated carbocycles. The first-order chi connectivity index (χ1) is 15.9. The highest BCUT2D eigenvalue weighted by Gasteiger charge is 2.46. The largest absolute Gasteiger partial charge is 0.507 e. The van der Waals surface area contributed by atoms with E-state index in [4.69, 9.17) is 16.3 Å². The Kier molecular flexibility index (Phi) is 6.29. The number of hydrogen-bond acceptors (Lipinski definition) is 5. The maximum atomic E-state index is 13.1. The molecule has 0 aromatic heterocycles. The fourth-order valence-electron chi connectivity index (χ4n) is 3.79. The van der Waals surface area contributed by atoms with Crippen molar-refractivity contribution in [2.45, 2.75) is 13.0 Å². The Morgan fingerprint density at radius 2 is 1.55 bits per heavy atom. The van der Waals surface area contributed by atoms with Crippen molar-refractivity contribution in [3.05, 3.63) is 106 Å². The Morgan fingerprint density at radius 1 is 0.939 bits per heavy atom. The molecule has 3 aromatic carbocycles. The van der Waals surface area contributed by atoms with Gasteiger partial charge < -0.3 is 9.84 Å². The van der Waals surface area contributed by atoms with Gasteiger partial charge in [0.05, 0.1) is 23.8 Å². The van der Waals surface area contributed by atoms with Crippen LogP contribution < -0.4 is 4.90 Å². The van der Waals surface area contributed by atoms with Crippen LogP contribution in [-0.4, -0.2) is 29.4 Å². The smallest absolute Gasteiger partial charge is 0.338 e. The summed E-state index contributed by atoms with van der Waals surface area (Å²) in [7, 11) is 0. The van der Waals surface area contributed by atoms with Crippen molar-refractivity contribution in [2.75, 3.05) is 11.5 Å². The lowest BCUT2D eigenvalue weighted by molar-refractivity contribution is -0.132. The molecule has 7 heteroatoms. The molecule has 1 amide bonds.